The zero-order valence-electron chi connectivity index (χ0n) is 12.3. The molecule has 0 atom stereocenters. The Morgan fingerprint density at radius 3 is 2.96 bits per heavy atom. The third-order valence-electron chi connectivity index (χ3n) is 2.89. The molecule has 9 heteroatoms. The summed E-state index contributed by atoms with van der Waals surface area (Å²) in [5, 5.41) is 9.96. The number of aromatic amines is 1. The summed E-state index contributed by atoms with van der Waals surface area (Å²) in [5.41, 5.74) is 1.52. The minimum Gasteiger partial charge on any atom is -0.455 e. The van der Waals surface area contributed by atoms with Gasteiger partial charge in [-0.25, -0.2) is 4.98 Å². The quantitative estimate of drug-likeness (QED) is 0.662. The van der Waals surface area contributed by atoms with E-state index in [-0.39, 0.29) is 11.7 Å². The topological polar surface area (TPSA) is 110 Å². The molecule has 3 aromatic rings. The van der Waals surface area contributed by atoms with Gasteiger partial charge in [-0.2, -0.15) is 5.10 Å². The molecular formula is C14H14N6O2S. The second-order valence-corrected chi connectivity index (χ2v) is 5.64. The Bertz CT molecular complexity index is 769. The highest BCUT2D eigenvalue weighted by atomic mass is 32.2. The van der Waals surface area contributed by atoms with Gasteiger partial charge in [0.25, 0.3) is 5.91 Å². The molecule has 3 aromatic heterocycles. The summed E-state index contributed by atoms with van der Waals surface area (Å²) in [4.78, 5) is 24.4. The van der Waals surface area contributed by atoms with Crippen LogP contribution in [0, 0.1) is 6.92 Å². The van der Waals surface area contributed by atoms with Gasteiger partial charge in [0.15, 0.2) is 10.9 Å². The van der Waals surface area contributed by atoms with Crippen LogP contribution in [-0.4, -0.2) is 31.1 Å². The first kappa shape index (κ1) is 15.2. The van der Waals surface area contributed by atoms with Crippen molar-refractivity contribution in [2.24, 2.45) is 0 Å². The zero-order chi connectivity index (χ0) is 16.1. The van der Waals surface area contributed by atoms with Crippen molar-refractivity contribution in [3.63, 3.8) is 0 Å². The molecule has 0 aliphatic heterocycles. The molecule has 0 aliphatic carbocycles. The number of hydrogen-bond acceptors (Lipinski definition) is 7. The smallest absolute Gasteiger partial charge is 0.287 e. The molecule has 0 bridgehead atoms. The van der Waals surface area contributed by atoms with Gasteiger partial charge in [0.1, 0.15) is 12.1 Å². The van der Waals surface area contributed by atoms with E-state index in [1.54, 1.807) is 24.5 Å². The summed E-state index contributed by atoms with van der Waals surface area (Å²) in [6.07, 6.45) is 4.74. The van der Waals surface area contributed by atoms with Crippen LogP contribution in [0.15, 0.2) is 40.4 Å². The van der Waals surface area contributed by atoms with Crippen LogP contribution in [0.1, 0.15) is 27.7 Å². The molecule has 23 heavy (non-hydrogen) atoms. The minimum atomic E-state index is -0.289. The average molecular weight is 330 g/mol. The molecule has 0 unspecified atom stereocenters. The molecule has 0 fully saturated rings. The van der Waals surface area contributed by atoms with Crippen molar-refractivity contribution >= 4 is 17.7 Å². The van der Waals surface area contributed by atoms with Crippen LogP contribution in [0.4, 0.5) is 0 Å². The number of aromatic nitrogens is 5. The number of amides is 1. The van der Waals surface area contributed by atoms with E-state index in [9.17, 15) is 4.79 Å². The predicted octanol–water partition coefficient (Wildman–Crippen LogP) is 1.72. The molecule has 1 amide bonds. The molecule has 0 spiro atoms. The van der Waals surface area contributed by atoms with E-state index >= 15 is 0 Å². The number of aryl methyl sites for hydroxylation is 1. The summed E-state index contributed by atoms with van der Waals surface area (Å²) >= 11 is 1.44. The lowest BCUT2D eigenvalue weighted by atomic mass is 10.4. The summed E-state index contributed by atoms with van der Waals surface area (Å²) in [6.45, 7) is 2.16. The SMILES string of the molecule is Cc1cnc(CNC(=O)c2ccc(CSc3ncn[nH]3)o2)cn1. The lowest BCUT2D eigenvalue weighted by molar-refractivity contribution is 0.0921. The summed E-state index contributed by atoms with van der Waals surface area (Å²) < 4.78 is 5.52. The number of thioether (sulfide) groups is 1. The maximum absolute atomic E-state index is 12.0. The van der Waals surface area contributed by atoms with Crippen molar-refractivity contribution in [3.05, 3.63) is 53.8 Å². The van der Waals surface area contributed by atoms with Gasteiger partial charge in [-0.05, 0) is 19.1 Å². The van der Waals surface area contributed by atoms with Gasteiger partial charge in [-0.15, -0.1) is 0 Å². The number of nitrogens with one attached hydrogen (secondary N) is 2. The first-order valence-electron chi connectivity index (χ1n) is 6.83. The van der Waals surface area contributed by atoms with Crippen LogP contribution < -0.4 is 5.32 Å². The largest absolute Gasteiger partial charge is 0.455 e. The molecule has 3 rings (SSSR count). The Hall–Kier alpha value is -2.68. The van der Waals surface area contributed by atoms with Crippen molar-refractivity contribution in [1.82, 2.24) is 30.5 Å². The summed E-state index contributed by atoms with van der Waals surface area (Å²) in [6, 6.07) is 3.41. The minimum absolute atomic E-state index is 0.262. The highest BCUT2D eigenvalue weighted by molar-refractivity contribution is 7.98. The second-order valence-electron chi connectivity index (χ2n) is 4.68. The molecule has 2 N–H and O–H groups in total. The van der Waals surface area contributed by atoms with Gasteiger partial charge in [0, 0.05) is 6.20 Å². The van der Waals surface area contributed by atoms with Crippen LogP contribution >= 0.6 is 11.8 Å². The fraction of sp³-hybridized carbons (Fsp3) is 0.214. The Morgan fingerprint density at radius 2 is 2.22 bits per heavy atom. The van der Waals surface area contributed by atoms with Crippen molar-refractivity contribution in [3.8, 4) is 0 Å². The Balaban J connectivity index is 1.52. The summed E-state index contributed by atoms with van der Waals surface area (Å²) in [7, 11) is 0. The number of H-pyrrole nitrogens is 1. The Labute approximate surface area is 136 Å². The highest BCUT2D eigenvalue weighted by Gasteiger charge is 2.12. The molecule has 0 saturated carbocycles. The first-order valence-corrected chi connectivity index (χ1v) is 7.82. The standard InChI is InChI=1S/C14H14N6O2S/c1-9-4-16-10(5-15-9)6-17-13(21)12-3-2-11(22-12)7-23-14-18-8-19-20-14/h2-5,8H,6-7H2,1H3,(H,17,21)(H,18,19,20). The second kappa shape index (κ2) is 7.05. The van der Waals surface area contributed by atoms with Crippen LogP contribution in [0.5, 0.6) is 0 Å². The highest BCUT2D eigenvalue weighted by Crippen LogP contribution is 2.20. The lowest BCUT2D eigenvalue weighted by Crippen LogP contribution is -2.22. The number of rotatable bonds is 6. The Morgan fingerprint density at radius 1 is 1.30 bits per heavy atom. The molecular weight excluding hydrogens is 316 g/mol. The molecule has 118 valence electrons. The maximum atomic E-state index is 12.0. The molecule has 8 nitrogen and oxygen atoms in total. The zero-order valence-corrected chi connectivity index (χ0v) is 13.1. The number of nitrogens with zero attached hydrogens (tertiary/aromatic N) is 4. The molecule has 0 aromatic carbocycles. The van der Waals surface area contributed by atoms with Gasteiger partial charge in [-0.3, -0.25) is 19.9 Å². The van der Waals surface area contributed by atoms with Crippen molar-refractivity contribution < 1.29 is 9.21 Å². The van der Waals surface area contributed by atoms with E-state index in [4.69, 9.17) is 4.42 Å². The third kappa shape index (κ3) is 4.16. The fourth-order valence-electron chi connectivity index (χ4n) is 1.75. The maximum Gasteiger partial charge on any atom is 0.287 e. The van der Waals surface area contributed by atoms with Crippen molar-refractivity contribution in [2.45, 2.75) is 24.4 Å². The Kier molecular flexibility index (Phi) is 4.67. The van der Waals surface area contributed by atoms with Gasteiger partial charge >= 0.3 is 0 Å². The third-order valence-corrected chi connectivity index (χ3v) is 3.79. The van der Waals surface area contributed by atoms with Gasteiger partial charge in [-0.1, -0.05) is 11.8 Å². The number of furan rings is 1. The predicted molar refractivity (Wildman–Crippen MR) is 82.6 cm³/mol. The van der Waals surface area contributed by atoms with Crippen LogP contribution in [0.2, 0.25) is 0 Å². The lowest BCUT2D eigenvalue weighted by Gasteiger charge is -2.02. The normalized spacial score (nSPS) is 10.7. The van der Waals surface area contributed by atoms with E-state index in [0.717, 1.165) is 5.69 Å². The number of hydrogen-bond donors (Lipinski definition) is 2. The summed E-state index contributed by atoms with van der Waals surface area (Å²) in [5.74, 6) is 1.22. The first-order chi connectivity index (χ1) is 11.2. The fourth-order valence-corrected chi connectivity index (χ4v) is 2.42. The van der Waals surface area contributed by atoms with Gasteiger partial charge < -0.3 is 9.73 Å². The van der Waals surface area contributed by atoms with Crippen LogP contribution in [-0.2, 0) is 12.3 Å². The van der Waals surface area contributed by atoms with E-state index in [2.05, 4.69) is 30.5 Å². The number of carbonyl (C=O) groups is 1. The van der Waals surface area contributed by atoms with E-state index in [1.165, 1.54) is 18.1 Å². The van der Waals surface area contributed by atoms with E-state index in [0.29, 0.717) is 28.9 Å². The monoisotopic (exact) mass is 330 g/mol. The van der Waals surface area contributed by atoms with Gasteiger partial charge in [0.05, 0.1) is 29.9 Å². The molecule has 0 radical (unpaired) electrons. The van der Waals surface area contributed by atoms with Gasteiger partial charge in [0.2, 0.25) is 0 Å². The number of carbonyl (C=O) groups excluding carboxylic acids is 1. The van der Waals surface area contributed by atoms with Crippen LogP contribution in [0.3, 0.4) is 0 Å². The molecule has 3 heterocycles. The van der Waals surface area contributed by atoms with E-state index in [1.807, 2.05) is 6.92 Å². The molecule has 0 aliphatic rings. The molecule has 0 saturated heterocycles. The van der Waals surface area contributed by atoms with E-state index < -0.39 is 0 Å². The van der Waals surface area contributed by atoms with Crippen LogP contribution in [0.25, 0.3) is 0 Å². The van der Waals surface area contributed by atoms with Crippen molar-refractivity contribution in [1.29, 1.82) is 0 Å². The average Bonchev–Trinajstić information content (AvgIpc) is 3.23. The van der Waals surface area contributed by atoms with Crippen molar-refractivity contribution in [2.75, 3.05) is 0 Å².